The van der Waals surface area contributed by atoms with Gasteiger partial charge in [-0.25, -0.2) is 0 Å². The zero-order valence-electron chi connectivity index (χ0n) is 37.1. The summed E-state index contributed by atoms with van der Waals surface area (Å²) in [6, 6.07) is 5.96. The second kappa shape index (κ2) is 19.9. The molecule has 55 heavy (non-hydrogen) atoms. The Morgan fingerprint density at radius 1 is 0.509 bits per heavy atom. The molecule has 0 saturated carbocycles. The van der Waals surface area contributed by atoms with Crippen LogP contribution >= 0.6 is 0 Å². The van der Waals surface area contributed by atoms with E-state index in [1.165, 1.54) is 0 Å². The molecule has 0 spiro atoms. The summed E-state index contributed by atoms with van der Waals surface area (Å²) in [5.74, 6) is -1.43. The molecule has 8 atom stereocenters. The SMILES string of the molecule is C[C@H]1CN([C@@H](C)C(=O)OC(C)(C)C)[C@@H](C)CN([C@@H](C)C(=O)OC(C)(C)C)[C@@H](C)CN([C@@H](C)C(=O)OC(C)(C)C)[C@@H](C)CN1[C@@H](C)C(=O)OCc1ccccc1. The summed E-state index contributed by atoms with van der Waals surface area (Å²) in [5.41, 5.74) is -1.18. The Kier molecular flexibility index (Phi) is 17.4. The molecule has 12 nitrogen and oxygen atoms in total. The predicted molar refractivity (Wildman–Crippen MR) is 216 cm³/mol. The molecule has 0 amide bonds. The van der Waals surface area contributed by atoms with E-state index < -0.39 is 41.0 Å². The number of carbonyl (C=O) groups is 4. The van der Waals surface area contributed by atoms with Crippen molar-refractivity contribution in [2.45, 2.75) is 189 Å². The minimum atomic E-state index is -0.689. The van der Waals surface area contributed by atoms with Gasteiger partial charge in [0.2, 0.25) is 0 Å². The average Bonchev–Trinajstić information content (AvgIpc) is 3.05. The predicted octanol–water partition coefficient (Wildman–Crippen LogP) is 6.08. The van der Waals surface area contributed by atoms with E-state index in [9.17, 15) is 19.2 Å². The third-order valence-corrected chi connectivity index (χ3v) is 9.96. The quantitative estimate of drug-likeness (QED) is 0.203. The fourth-order valence-electron chi connectivity index (χ4n) is 7.07. The zero-order chi connectivity index (χ0) is 42.2. The molecule has 0 bridgehead atoms. The summed E-state index contributed by atoms with van der Waals surface area (Å²) in [5, 5.41) is 0. The molecule has 0 aromatic heterocycles. The highest BCUT2D eigenvalue weighted by Crippen LogP contribution is 2.25. The monoisotopic (exact) mass is 775 g/mol. The Labute approximate surface area is 332 Å². The second-order valence-corrected chi connectivity index (χ2v) is 18.6. The Morgan fingerprint density at radius 2 is 0.764 bits per heavy atom. The van der Waals surface area contributed by atoms with Crippen molar-refractivity contribution in [3.8, 4) is 0 Å². The molecular weight excluding hydrogens is 700 g/mol. The van der Waals surface area contributed by atoms with Crippen LogP contribution in [0.25, 0.3) is 0 Å². The first-order valence-electron chi connectivity index (χ1n) is 20.0. The summed E-state index contributed by atoms with van der Waals surface area (Å²) in [6.45, 7) is 34.0. The second-order valence-electron chi connectivity index (χ2n) is 18.6. The molecule has 1 aliphatic rings. The average molecular weight is 775 g/mol. The number of hydrogen-bond donors (Lipinski definition) is 0. The van der Waals surface area contributed by atoms with Crippen LogP contribution in [0.2, 0.25) is 0 Å². The van der Waals surface area contributed by atoms with Gasteiger partial charge in [-0.2, -0.15) is 0 Å². The first-order chi connectivity index (χ1) is 25.1. The number of nitrogens with zero attached hydrogens (tertiary/aromatic N) is 4. The first-order valence-corrected chi connectivity index (χ1v) is 20.0. The largest absolute Gasteiger partial charge is 0.460 e. The van der Waals surface area contributed by atoms with Gasteiger partial charge in [-0.1, -0.05) is 30.3 Å². The highest BCUT2D eigenvalue weighted by molar-refractivity contribution is 5.77. The molecule has 2 rings (SSSR count). The topological polar surface area (TPSA) is 118 Å². The molecular formula is C43H74N4O8. The first kappa shape index (κ1) is 48.1. The molecule has 1 saturated heterocycles. The fourth-order valence-corrected chi connectivity index (χ4v) is 7.07. The van der Waals surface area contributed by atoms with Gasteiger partial charge in [0.05, 0.1) is 0 Å². The van der Waals surface area contributed by atoms with Gasteiger partial charge in [0.1, 0.15) is 47.6 Å². The van der Waals surface area contributed by atoms with E-state index in [1.54, 1.807) is 0 Å². The van der Waals surface area contributed by atoms with E-state index in [1.807, 2.05) is 148 Å². The third-order valence-electron chi connectivity index (χ3n) is 9.96. The van der Waals surface area contributed by atoms with Crippen LogP contribution in [-0.2, 0) is 44.7 Å². The maximum atomic E-state index is 13.8. The molecule has 1 heterocycles. The van der Waals surface area contributed by atoms with Crippen molar-refractivity contribution in [1.29, 1.82) is 0 Å². The summed E-state index contributed by atoms with van der Waals surface area (Å²) in [6.07, 6.45) is 0. The number of hydrogen-bond acceptors (Lipinski definition) is 12. The van der Waals surface area contributed by atoms with Crippen LogP contribution in [0.3, 0.4) is 0 Å². The Hall–Kier alpha value is -3.06. The van der Waals surface area contributed by atoms with Crippen molar-refractivity contribution in [3.63, 3.8) is 0 Å². The minimum absolute atomic E-state index is 0.144. The normalized spacial score (nSPS) is 24.3. The lowest BCUT2D eigenvalue weighted by Gasteiger charge is -2.47. The summed E-state index contributed by atoms with van der Waals surface area (Å²) in [4.78, 5) is 63.4. The molecule has 1 aliphatic heterocycles. The molecule has 1 aromatic carbocycles. The number of ether oxygens (including phenoxy) is 4. The van der Waals surface area contributed by atoms with Crippen molar-refractivity contribution in [3.05, 3.63) is 35.9 Å². The lowest BCUT2D eigenvalue weighted by molar-refractivity contribution is -0.167. The molecule has 12 heteroatoms. The van der Waals surface area contributed by atoms with Gasteiger partial charge in [0.15, 0.2) is 0 Å². The van der Waals surface area contributed by atoms with E-state index in [4.69, 9.17) is 18.9 Å². The lowest BCUT2D eigenvalue weighted by atomic mass is 10.0. The fraction of sp³-hybridized carbons (Fsp3) is 0.767. The number of rotatable bonds is 10. The number of benzene rings is 1. The van der Waals surface area contributed by atoms with Gasteiger partial charge >= 0.3 is 23.9 Å². The molecule has 0 unspecified atom stereocenters. The lowest BCUT2D eigenvalue weighted by Crippen LogP contribution is -2.63. The maximum absolute atomic E-state index is 13.8. The summed E-state index contributed by atoms with van der Waals surface area (Å²) >= 11 is 0. The Balaban J connectivity index is 2.71. The Morgan fingerprint density at radius 3 is 1.02 bits per heavy atom. The molecule has 0 radical (unpaired) electrons. The van der Waals surface area contributed by atoms with Gasteiger partial charge in [-0.3, -0.25) is 38.8 Å². The highest BCUT2D eigenvalue weighted by atomic mass is 16.6. The highest BCUT2D eigenvalue weighted by Gasteiger charge is 2.41. The summed E-state index contributed by atoms with van der Waals surface area (Å²) < 4.78 is 23.5. The number of esters is 4. The molecule has 1 aromatic rings. The van der Waals surface area contributed by atoms with Crippen LogP contribution in [0, 0.1) is 0 Å². The van der Waals surface area contributed by atoms with Crippen molar-refractivity contribution >= 4 is 23.9 Å². The summed E-state index contributed by atoms with van der Waals surface area (Å²) in [7, 11) is 0. The van der Waals surface area contributed by atoms with Gasteiger partial charge in [0, 0.05) is 50.3 Å². The third kappa shape index (κ3) is 15.4. The van der Waals surface area contributed by atoms with Crippen molar-refractivity contribution < 1.29 is 38.1 Å². The van der Waals surface area contributed by atoms with Crippen LogP contribution < -0.4 is 0 Å². The van der Waals surface area contributed by atoms with E-state index in [2.05, 4.69) is 19.6 Å². The van der Waals surface area contributed by atoms with Crippen LogP contribution in [0.1, 0.15) is 123 Å². The van der Waals surface area contributed by atoms with Crippen LogP contribution in [-0.4, -0.2) is 135 Å². The van der Waals surface area contributed by atoms with Gasteiger partial charge in [-0.05, 0) is 123 Å². The van der Waals surface area contributed by atoms with E-state index in [0.717, 1.165) is 5.56 Å². The zero-order valence-corrected chi connectivity index (χ0v) is 37.1. The minimum Gasteiger partial charge on any atom is -0.460 e. The van der Waals surface area contributed by atoms with Crippen LogP contribution in [0.15, 0.2) is 30.3 Å². The molecule has 314 valence electrons. The van der Waals surface area contributed by atoms with Crippen molar-refractivity contribution in [2.24, 2.45) is 0 Å². The van der Waals surface area contributed by atoms with E-state index in [-0.39, 0.29) is 54.7 Å². The smallest absolute Gasteiger partial charge is 0.323 e. The van der Waals surface area contributed by atoms with Gasteiger partial charge in [0.25, 0.3) is 0 Å². The Bertz CT molecular complexity index is 1370. The molecule has 0 N–H and O–H groups in total. The maximum Gasteiger partial charge on any atom is 0.323 e. The van der Waals surface area contributed by atoms with E-state index in [0.29, 0.717) is 26.2 Å². The molecule has 1 fully saturated rings. The van der Waals surface area contributed by atoms with Crippen LogP contribution in [0.5, 0.6) is 0 Å². The molecule has 0 aliphatic carbocycles. The van der Waals surface area contributed by atoms with E-state index >= 15 is 0 Å². The van der Waals surface area contributed by atoms with Crippen LogP contribution in [0.4, 0.5) is 0 Å². The standard InChI is InChI=1S/C43H74N4O8/c1-28-24-45(33(6)38(49)53-41(9,10)11)30(3)26-47(35(8)40(51)55-43(15,16)17)31(4)25-46(34(7)39(50)54-42(12,13)14)29(2)23-44(28)32(5)37(48)52-27-36-21-19-18-20-22-36/h18-22,28-35H,23-27H2,1-17H3/t28-,29-,30-,31-,32-,33-,34-,35-/m0/s1. The van der Waals surface area contributed by atoms with Crippen molar-refractivity contribution in [1.82, 2.24) is 19.6 Å². The van der Waals surface area contributed by atoms with Gasteiger partial charge in [-0.15, -0.1) is 0 Å². The van der Waals surface area contributed by atoms with Gasteiger partial charge < -0.3 is 18.9 Å². The number of carbonyl (C=O) groups excluding carboxylic acids is 4. The van der Waals surface area contributed by atoms with Crippen molar-refractivity contribution in [2.75, 3.05) is 26.2 Å².